The summed E-state index contributed by atoms with van der Waals surface area (Å²) in [5, 5.41) is 0.705. The molecule has 0 aliphatic heterocycles. The number of aryl methyl sites for hydroxylation is 3. The van der Waals surface area contributed by atoms with E-state index in [-0.39, 0.29) is 10.6 Å². The SMILES string of the molecule is Cc1cc(S(=O)(=O)Nc2nc(C)c(C)s2)cc(N)c1Cl. The molecule has 0 amide bonds. The molecule has 108 valence electrons. The molecule has 5 nitrogen and oxygen atoms in total. The number of nitrogens with zero attached hydrogens (tertiary/aromatic N) is 1. The van der Waals surface area contributed by atoms with E-state index in [0.29, 0.717) is 15.7 Å². The van der Waals surface area contributed by atoms with Gasteiger partial charge in [0.05, 0.1) is 21.3 Å². The van der Waals surface area contributed by atoms with Crippen molar-refractivity contribution in [2.75, 3.05) is 10.5 Å². The van der Waals surface area contributed by atoms with Gasteiger partial charge in [-0.1, -0.05) is 11.6 Å². The molecule has 0 spiro atoms. The van der Waals surface area contributed by atoms with Gasteiger partial charge in [0.1, 0.15) is 0 Å². The summed E-state index contributed by atoms with van der Waals surface area (Å²) in [6.07, 6.45) is 0. The van der Waals surface area contributed by atoms with Crippen LogP contribution in [0, 0.1) is 20.8 Å². The first-order valence-corrected chi connectivity index (χ1v) is 8.41. The lowest BCUT2D eigenvalue weighted by molar-refractivity contribution is 0.601. The maximum Gasteiger partial charge on any atom is 0.263 e. The summed E-state index contributed by atoms with van der Waals surface area (Å²) >= 11 is 7.22. The van der Waals surface area contributed by atoms with Crippen molar-refractivity contribution in [1.82, 2.24) is 4.98 Å². The molecule has 2 rings (SSSR count). The Balaban J connectivity index is 2.40. The quantitative estimate of drug-likeness (QED) is 0.846. The number of thiazole rings is 1. The van der Waals surface area contributed by atoms with Crippen LogP contribution in [0.25, 0.3) is 0 Å². The Bertz CT molecular complexity index is 726. The molecule has 3 N–H and O–H groups in total. The smallest absolute Gasteiger partial charge is 0.263 e. The number of nitrogen functional groups attached to an aromatic ring is 1. The molecule has 0 saturated carbocycles. The Morgan fingerprint density at radius 1 is 1.30 bits per heavy atom. The third-order valence-electron chi connectivity index (χ3n) is 2.82. The summed E-state index contributed by atoms with van der Waals surface area (Å²) in [4.78, 5) is 5.19. The highest BCUT2D eigenvalue weighted by Gasteiger charge is 2.19. The first kappa shape index (κ1) is 15.1. The van der Waals surface area contributed by atoms with Gasteiger partial charge in [0.2, 0.25) is 0 Å². The summed E-state index contributed by atoms with van der Waals surface area (Å²) < 4.78 is 27.0. The average Bonchev–Trinajstić information content (AvgIpc) is 2.63. The van der Waals surface area contributed by atoms with Crippen LogP contribution in [0.15, 0.2) is 17.0 Å². The lowest BCUT2D eigenvalue weighted by atomic mass is 10.2. The Morgan fingerprint density at radius 2 is 1.95 bits per heavy atom. The van der Waals surface area contributed by atoms with Gasteiger partial charge in [-0.25, -0.2) is 13.4 Å². The van der Waals surface area contributed by atoms with Gasteiger partial charge in [-0.15, -0.1) is 11.3 Å². The van der Waals surface area contributed by atoms with Crippen molar-refractivity contribution in [2.24, 2.45) is 0 Å². The number of halogens is 1. The van der Waals surface area contributed by atoms with Gasteiger partial charge in [-0.2, -0.15) is 0 Å². The molecule has 0 unspecified atom stereocenters. The summed E-state index contributed by atoms with van der Waals surface area (Å²) in [6.45, 7) is 5.42. The minimum Gasteiger partial charge on any atom is -0.397 e. The zero-order valence-corrected chi connectivity index (χ0v) is 13.6. The van der Waals surface area contributed by atoms with Gasteiger partial charge in [0.15, 0.2) is 5.13 Å². The van der Waals surface area contributed by atoms with Crippen LogP contribution in [0.2, 0.25) is 5.02 Å². The molecular formula is C12H14ClN3O2S2. The topological polar surface area (TPSA) is 85.1 Å². The maximum absolute atomic E-state index is 12.3. The third-order valence-corrected chi connectivity index (χ3v) is 5.77. The number of rotatable bonds is 3. The van der Waals surface area contributed by atoms with E-state index in [1.165, 1.54) is 23.5 Å². The van der Waals surface area contributed by atoms with Gasteiger partial charge < -0.3 is 5.73 Å². The van der Waals surface area contributed by atoms with E-state index in [9.17, 15) is 8.42 Å². The van der Waals surface area contributed by atoms with Gasteiger partial charge in [0, 0.05) is 4.88 Å². The molecule has 0 saturated heterocycles. The van der Waals surface area contributed by atoms with Gasteiger partial charge in [0.25, 0.3) is 10.0 Å². The van der Waals surface area contributed by atoms with Crippen LogP contribution in [0.4, 0.5) is 10.8 Å². The molecule has 0 atom stereocenters. The van der Waals surface area contributed by atoms with Gasteiger partial charge in [-0.05, 0) is 38.5 Å². The number of nitrogens with two attached hydrogens (primary N) is 1. The number of hydrogen-bond donors (Lipinski definition) is 2. The lowest BCUT2D eigenvalue weighted by Crippen LogP contribution is -2.13. The van der Waals surface area contributed by atoms with Crippen molar-refractivity contribution in [2.45, 2.75) is 25.7 Å². The van der Waals surface area contributed by atoms with E-state index in [0.717, 1.165) is 10.6 Å². The molecule has 1 aromatic heterocycles. The van der Waals surface area contributed by atoms with E-state index in [1.54, 1.807) is 6.92 Å². The number of anilines is 2. The van der Waals surface area contributed by atoms with Crippen LogP contribution in [-0.2, 0) is 10.0 Å². The third kappa shape index (κ3) is 2.89. The minimum atomic E-state index is -3.72. The Labute approximate surface area is 126 Å². The highest BCUT2D eigenvalue weighted by molar-refractivity contribution is 7.93. The molecule has 0 fully saturated rings. The van der Waals surface area contributed by atoms with Crippen LogP contribution in [0.1, 0.15) is 16.1 Å². The van der Waals surface area contributed by atoms with Crippen molar-refractivity contribution >= 4 is 43.8 Å². The van der Waals surface area contributed by atoms with Crippen LogP contribution < -0.4 is 10.5 Å². The fourth-order valence-corrected chi connectivity index (χ4v) is 3.89. The van der Waals surface area contributed by atoms with Crippen LogP contribution in [0.3, 0.4) is 0 Å². The molecule has 8 heteroatoms. The van der Waals surface area contributed by atoms with E-state index < -0.39 is 10.0 Å². The molecule has 1 heterocycles. The number of aromatic nitrogens is 1. The predicted molar refractivity (Wildman–Crippen MR) is 83.0 cm³/mol. The fraction of sp³-hybridized carbons (Fsp3) is 0.250. The van der Waals surface area contributed by atoms with Gasteiger partial charge in [-0.3, -0.25) is 4.72 Å². The molecule has 0 radical (unpaired) electrons. The normalized spacial score (nSPS) is 11.6. The van der Waals surface area contributed by atoms with Crippen molar-refractivity contribution in [1.29, 1.82) is 0 Å². The van der Waals surface area contributed by atoms with E-state index in [1.807, 2.05) is 13.8 Å². The van der Waals surface area contributed by atoms with E-state index in [4.69, 9.17) is 17.3 Å². The number of sulfonamides is 1. The molecule has 0 bridgehead atoms. The number of benzene rings is 1. The Hall–Kier alpha value is -1.31. The molecular weight excluding hydrogens is 318 g/mol. The second kappa shape index (κ2) is 5.23. The maximum atomic E-state index is 12.3. The molecule has 20 heavy (non-hydrogen) atoms. The van der Waals surface area contributed by atoms with E-state index in [2.05, 4.69) is 9.71 Å². The Kier molecular flexibility index (Phi) is 3.95. The molecule has 0 aliphatic carbocycles. The van der Waals surface area contributed by atoms with Crippen LogP contribution in [0.5, 0.6) is 0 Å². The second-order valence-corrected chi connectivity index (χ2v) is 7.67. The molecule has 2 aromatic rings. The average molecular weight is 332 g/mol. The van der Waals surface area contributed by atoms with Crippen LogP contribution in [-0.4, -0.2) is 13.4 Å². The summed E-state index contributed by atoms with van der Waals surface area (Å²) in [7, 11) is -3.72. The Morgan fingerprint density at radius 3 is 2.45 bits per heavy atom. The van der Waals surface area contributed by atoms with E-state index >= 15 is 0 Å². The first-order chi connectivity index (χ1) is 9.20. The monoisotopic (exact) mass is 331 g/mol. The standard InChI is InChI=1S/C12H14ClN3O2S2/c1-6-4-9(5-10(14)11(6)13)20(17,18)16-12-15-7(2)8(3)19-12/h4-5H,14H2,1-3H3,(H,15,16). The fourth-order valence-electron chi connectivity index (χ4n) is 1.61. The predicted octanol–water partition coefficient (Wildman–Crippen LogP) is 3.10. The van der Waals surface area contributed by atoms with Crippen molar-refractivity contribution in [3.63, 3.8) is 0 Å². The lowest BCUT2D eigenvalue weighted by Gasteiger charge is -2.09. The van der Waals surface area contributed by atoms with Crippen LogP contribution >= 0.6 is 22.9 Å². The highest BCUT2D eigenvalue weighted by atomic mass is 35.5. The second-order valence-electron chi connectivity index (χ2n) is 4.41. The highest BCUT2D eigenvalue weighted by Crippen LogP contribution is 2.29. The van der Waals surface area contributed by atoms with Gasteiger partial charge >= 0.3 is 0 Å². The largest absolute Gasteiger partial charge is 0.397 e. The summed E-state index contributed by atoms with van der Waals surface area (Å²) in [5.74, 6) is 0. The van der Waals surface area contributed by atoms with Crippen molar-refractivity contribution in [3.8, 4) is 0 Å². The summed E-state index contributed by atoms with van der Waals surface area (Å²) in [5.41, 5.74) is 7.35. The zero-order chi connectivity index (χ0) is 15.1. The number of nitrogens with one attached hydrogen (secondary N) is 1. The minimum absolute atomic E-state index is 0.0717. The molecule has 0 aliphatic rings. The number of hydrogen-bond acceptors (Lipinski definition) is 5. The van der Waals surface area contributed by atoms with Crippen molar-refractivity contribution in [3.05, 3.63) is 33.3 Å². The van der Waals surface area contributed by atoms with Crippen molar-refractivity contribution < 1.29 is 8.42 Å². The zero-order valence-electron chi connectivity index (χ0n) is 11.2. The molecule has 1 aromatic carbocycles. The summed E-state index contributed by atoms with van der Waals surface area (Å²) in [6, 6.07) is 2.82. The first-order valence-electron chi connectivity index (χ1n) is 5.73.